The minimum Gasteiger partial charge on any atom is -0.298 e. The van der Waals surface area contributed by atoms with Crippen LogP contribution in [0.1, 0.15) is 17.4 Å². The summed E-state index contributed by atoms with van der Waals surface area (Å²) in [6.07, 6.45) is 0. The molecule has 0 aliphatic rings. The average molecular weight is 237 g/mol. The Kier molecular flexibility index (Phi) is 2.75. The van der Waals surface area contributed by atoms with Crippen molar-refractivity contribution in [2.45, 2.75) is 13.5 Å². The first-order valence-electron chi connectivity index (χ1n) is 4.74. The molecule has 0 unspecified atom stereocenters. The van der Waals surface area contributed by atoms with Gasteiger partial charge in [0.15, 0.2) is 11.5 Å². The van der Waals surface area contributed by atoms with Crippen LogP contribution in [-0.2, 0) is 11.3 Å². The van der Waals surface area contributed by atoms with E-state index in [-0.39, 0.29) is 18.0 Å². The third kappa shape index (κ3) is 1.84. The van der Waals surface area contributed by atoms with E-state index < -0.39 is 5.24 Å². The molecular weight excluding hydrogens is 228 g/mol. The second-order valence-electron chi connectivity index (χ2n) is 3.50. The molecule has 0 N–H and O–H groups in total. The Morgan fingerprint density at radius 2 is 2.06 bits per heavy atom. The number of carbonyl (C=O) groups excluding carboxylic acids is 2. The smallest absolute Gasteiger partial charge is 0.273 e. The highest BCUT2D eigenvalue weighted by Gasteiger charge is 2.15. The summed E-state index contributed by atoms with van der Waals surface area (Å²) in [6, 6.07) is 7.18. The first-order chi connectivity index (χ1) is 7.59. The molecule has 2 rings (SSSR count). The van der Waals surface area contributed by atoms with E-state index >= 15 is 0 Å². The summed E-state index contributed by atoms with van der Waals surface area (Å²) in [7, 11) is 0. The fraction of sp³-hybridized carbons (Fsp3) is 0.182. The molecule has 0 aliphatic heterocycles. The van der Waals surface area contributed by atoms with Crippen molar-refractivity contribution in [1.29, 1.82) is 0 Å². The highest BCUT2D eigenvalue weighted by atomic mass is 35.5. The molecule has 0 bridgehead atoms. The molecule has 82 valence electrons. The van der Waals surface area contributed by atoms with Gasteiger partial charge in [0, 0.05) is 5.39 Å². The molecule has 4 nitrogen and oxygen atoms in total. The molecule has 1 heterocycles. The summed E-state index contributed by atoms with van der Waals surface area (Å²) in [5, 5.41) is 4.10. The van der Waals surface area contributed by atoms with E-state index in [1.807, 2.05) is 6.07 Å². The van der Waals surface area contributed by atoms with E-state index in [1.165, 1.54) is 11.6 Å². The van der Waals surface area contributed by atoms with Crippen LogP contribution in [0, 0.1) is 0 Å². The lowest BCUT2D eigenvalue weighted by atomic mass is 10.2. The Morgan fingerprint density at radius 3 is 2.69 bits per heavy atom. The van der Waals surface area contributed by atoms with Gasteiger partial charge in [0.1, 0.15) is 0 Å². The number of hydrogen-bond acceptors (Lipinski definition) is 3. The molecule has 0 saturated heterocycles. The summed E-state index contributed by atoms with van der Waals surface area (Å²) >= 11 is 5.43. The average Bonchev–Trinajstić information content (AvgIpc) is 2.57. The van der Waals surface area contributed by atoms with Gasteiger partial charge in [0.25, 0.3) is 5.24 Å². The van der Waals surface area contributed by atoms with Crippen molar-refractivity contribution in [2.24, 2.45) is 0 Å². The van der Waals surface area contributed by atoms with E-state index in [4.69, 9.17) is 11.6 Å². The van der Waals surface area contributed by atoms with Crippen LogP contribution < -0.4 is 0 Å². The van der Waals surface area contributed by atoms with Crippen molar-refractivity contribution in [3.05, 3.63) is 30.0 Å². The fourth-order valence-corrected chi connectivity index (χ4v) is 1.74. The van der Waals surface area contributed by atoms with Gasteiger partial charge >= 0.3 is 0 Å². The van der Waals surface area contributed by atoms with Crippen LogP contribution in [0.2, 0.25) is 0 Å². The Balaban J connectivity index is 2.66. The second-order valence-corrected chi connectivity index (χ2v) is 3.84. The molecule has 0 aliphatic carbocycles. The van der Waals surface area contributed by atoms with E-state index in [9.17, 15) is 9.59 Å². The minimum absolute atomic E-state index is 0.0261. The SMILES string of the molecule is CC(=O)Cn1nc(C(=O)Cl)c2ccccc21. The Labute approximate surface area is 96.8 Å². The van der Waals surface area contributed by atoms with Crippen molar-refractivity contribution in [3.8, 4) is 0 Å². The van der Waals surface area contributed by atoms with Gasteiger partial charge < -0.3 is 0 Å². The number of ketones is 1. The van der Waals surface area contributed by atoms with Crippen LogP contribution in [0.5, 0.6) is 0 Å². The van der Waals surface area contributed by atoms with Crippen LogP contribution in [-0.4, -0.2) is 20.8 Å². The number of Topliss-reactive ketones (excluding diaryl/α,β-unsaturated/α-hetero) is 1. The summed E-state index contributed by atoms with van der Waals surface area (Å²) < 4.78 is 1.49. The van der Waals surface area contributed by atoms with E-state index in [1.54, 1.807) is 18.2 Å². The molecule has 1 aromatic carbocycles. The first kappa shape index (κ1) is 10.8. The molecule has 5 heteroatoms. The molecule has 0 spiro atoms. The number of para-hydroxylation sites is 1. The molecule has 0 radical (unpaired) electrons. The van der Waals surface area contributed by atoms with E-state index in [2.05, 4.69) is 5.10 Å². The van der Waals surface area contributed by atoms with Gasteiger partial charge in [-0.3, -0.25) is 14.3 Å². The first-order valence-corrected chi connectivity index (χ1v) is 5.12. The zero-order valence-corrected chi connectivity index (χ0v) is 9.36. The molecule has 0 atom stereocenters. The van der Waals surface area contributed by atoms with Gasteiger partial charge in [-0.05, 0) is 24.6 Å². The zero-order chi connectivity index (χ0) is 11.7. The van der Waals surface area contributed by atoms with Crippen LogP contribution in [0.25, 0.3) is 10.9 Å². The standard InChI is InChI=1S/C11H9ClN2O2/c1-7(15)6-14-9-5-3-2-4-8(9)10(13-14)11(12)16/h2-5H,6H2,1H3. The molecule has 0 saturated carbocycles. The third-order valence-corrected chi connectivity index (χ3v) is 2.40. The number of fused-ring (bicyclic) bond motifs is 1. The molecular formula is C11H9ClN2O2. The number of nitrogens with zero attached hydrogens (tertiary/aromatic N) is 2. The van der Waals surface area contributed by atoms with Gasteiger partial charge in [-0.15, -0.1) is 0 Å². The second kappa shape index (κ2) is 4.06. The van der Waals surface area contributed by atoms with E-state index in [0.717, 1.165) is 5.52 Å². The predicted molar refractivity (Wildman–Crippen MR) is 60.6 cm³/mol. The lowest BCUT2D eigenvalue weighted by Crippen LogP contribution is -2.08. The Bertz CT molecular complexity index is 574. The quantitative estimate of drug-likeness (QED) is 0.766. The third-order valence-electron chi connectivity index (χ3n) is 2.22. The maximum absolute atomic E-state index is 11.2. The number of hydrogen-bond donors (Lipinski definition) is 0. The molecule has 2 aromatic rings. The molecule has 16 heavy (non-hydrogen) atoms. The minimum atomic E-state index is -0.612. The number of halogens is 1. The van der Waals surface area contributed by atoms with Crippen molar-refractivity contribution in [1.82, 2.24) is 9.78 Å². The summed E-state index contributed by atoms with van der Waals surface area (Å²) in [4.78, 5) is 22.2. The highest BCUT2D eigenvalue weighted by Crippen LogP contribution is 2.19. The number of rotatable bonds is 3. The lowest BCUT2D eigenvalue weighted by Gasteiger charge is -1.98. The molecule has 1 aromatic heterocycles. The number of aromatic nitrogens is 2. The maximum atomic E-state index is 11.2. The van der Waals surface area contributed by atoms with Crippen LogP contribution in [0.3, 0.4) is 0 Å². The maximum Gasteiger partial charge on any atom is 0.273 e. The monoisotopic (exact) mass is 236 g/mol. The summed E-state index contributed by atoms with van der Waals surface area (Å²) in [5.74, 6) is -0.0261. The normalized spacial score (nSPS) is 10.6. The number of carbonyl (C=O) groups is 2. The summed E-state index contributed by atoms with van der Waals surface area (Å²) in [6.45, 7) is 1.61. The summed E-state index contributed by atoms with van der Waals surface area (Å²) in [5.41, 5.74) is 0.931. The van der Waals surface area contributed by atoms with Gasteiger partial charge in [-0.2, -0.15) is 5.10 Å². The van der Waals surface area contributed by atoms with Gasteiger partial charge in [-0.25, -0.2) is 0 Å². The van der Waals surface area contributed by atoms with Crippen LogP contribution in [0.15, 0.2) is 24.3 Å². The van der Waals surface area contributed by atoms with E-state index in [0.29, 0.717) is 5.39 Å². The van der Waals surface area contributed by atoms with Crippen LogP contribution >= 0.6 is 11.6 Å². The zero-order valence-electron chi connectivity index (χ0n) is 8.61. The van der Waals surface area contributed by atoms with Crippen molar-refractivity contribution < 1.29 is 9.59 Å². The van der Waals surface area contributed by atoms with Crippen molar-refractivity contribution >= 4 is 33.5 Å². The fourth-order valence-electron chi connectivity index (χ4n) is 1.60. The van der Waals surface area contributed by atoms with Gasteiger partial charge in [-0.1, -0.05) is 18.2 Å². The number of benzene rings is 1. The van der Waals surface area contributed by atoms with Gasteiger partial charge in [0.05, 0.1) is 12.1 Å². The largest absolute Gasteiger partial charge is 0.298 e. The van der Waals surface area contributed by atoms with Crippen LogP contribution in [0.4, 0.5) is 0 Å². The van der Waals surface area contributed by atoms with Crippen molar-refractivity contribution in [3.63, 3.8) is 0 Å². The van der Waals surface area contributed by atoms with Gasteiger partial charge in [0.2, 0.25) is 0 Å². The highest BCUT2D eigenvalue weighted by molar-refractivity contribution is 6.68. The Morgan fingerprint density at radius 1 is 1.38 bits per heavy atom. The predicted octanol–water partition coefficient (Wildman–Crippen LogP) is 2.00. The van der Waals surface area contributed by atoms with Crippen molar-refractivity contribution in [2.75, 3.05) is 0 Å². The Hall–Kier alpha value is -1.68. The molecule has 0 fully saturated rings. The molecule has 0 amide bonds. The topological polar surface area (TPSA) is 52.0 Å². The lowest BCUT2D eigenvalue weighted by molar-refractivity contribution is -0.117.